The highest BCUT2D eigenvalue weighted by Crippen LogP contribution is 2.42. The molecule has 0 atom stereocenters. The number of ether oxygens (including phenoxy) is 2. The molecule has 106 valence electrons. The minimum Gasteiger partial charge on any atom is -0.493 e. The van der Waals surface area contributed by atoms with Gasteiger partial charge in [-0.2, -0.15) is 0 Å². The molecule has 10 heteroatoms. The number of nitro benzene ring substituents is 1. The standard InChI is InChI=1S/C10H10N4O4S2/c1-17-6-3-5(14(15)16)8(4-7(6)18-2)19-10-13-12-9(11)20-10/h3-4H,1-2H3,(H2,11,12). The zero-order valence-corrected chi connectivity index (χ0v) is 12.2. The van der Waals surface area contributed by atoms with Gasteiger partial charge in [0.2, 0.25) is 5.13 Å². The third-order valence-corrected chi connectivity index (χ3v) is 4.13. The lowest BCUT2D eigenvalue weighted by atomic mass is 10.3. The molecule has 8 nitrogen and oxygen atoms in total. The van der Waals surface area contributed by atoms with Gasteiger partial charge in [0.05, 0.1) is 30.1 Å². The molecule has 0 saturated heterocycles. The number of nitrogen functional groups attached to an aromatic ring is 1. The Morgan fingerprint density at radius 2 is 1.95 bits per heavy atom. The molecule has 20 heavy (non-hydrogen) atoms. The second-order valence-electron chi connectivity index (χ2n) is 3.44. The molecule has 0 unspecified atom stereocenters. The van der Waals surface area contributed by atoms with Crippen LogP contribution >= 0.6 is 23.1 Å². The first kappa shape index (κ1) is 14.3. The van der Waals surface area contributed by atoms with E-state index in [2.05, 4.69) is 10.2 Å². The molecule has 1 aromatic carbocycles. The van der Waals surface area contributed by atoms with Crippen molar-refractivity contribution >= 4 is 33.9 Å². The molecule has 0 fully saturated rings. The molecule has 0 radical (unpaired) electrons. The number of benzene rings is 1. The molecule has 0 aliphatic rings. The van der Waals surface area contributed by atoms with Crippen LogP contribution in [-0.4, -0.2) is 29.3 Å². The number of hydrogen-bond acceptors (Lipinski definition) is 9. The topological polar surface area (TPSA) is 113 Å². The largest absolute Gasteiger partial charge is 0.493 e. The number of nitro groups is 1. The van der Waals surface area contributed by atoms with Crippen molar-refractivity contribution in [1.82, 2.24) is 10.2 Å². The van der Waals surface area contributed by atoms with E-state index < -0.39 is 4.92 Å². The Morgan fingerprint density at radius 1 is 1.30 bits per heavy atom. The van der Waals surface area contributed by atoms with Crippen LogP contribution in [0.5, 0.6) is 11.5 Å². The second kappa shape index (κ2) is 5.92. The van der Waals surface area contributed by atoms with Gasteiger partial charge in [0.1, 0.15) is 0 Å². The molecule has 2 aromatic rings. The van der Waals surface area contributed by atoms with Crippen molar-refractivity contribution in [1.29, 1.82) is 0 Å². The second-order valence-corrected chi connectivity index (χ2v) is 5.74. The maximum Gasteiger partial charge on any atom is 0.287 e. The minimum atomic E-state index is -0.491. The van der Waals surface area contributed by atoms with Crippen LogP contribution in [0.4, 0.5) is 10.8 Å². The molecule has 1 heterocycles. The highest BCUT2D eigenvalue weighted by molar-refractivity contribution is 8.01. The van der Waals surface area contributed by atoms with Crippen LogP contribution in [0.25, 0.3) is 0 Å². The SMILES string of the molecule is COc1cc(Sc2nnc(N)s2)c([N+](=O)[O-])cc1OC. The Labute approximate surface area is 122 Å². The summed E-state index contributed by atoms with van der Waals surface area (Å²) in [6.07, 6.45) is 0. The zero-order chi connectivity index (χ0) is 14.7. The molecule has 0 aliphatic carbocycles. The summed E-state index contributed by atoms with van der Waals surface area (Å²) in [7, 11) is 2.88. The van der Waals surface area contributed by atoms with Gasteiger partial charge in [0.15, 0.2) is 15.8 Å². The van der Waals surface area contributed by atoms with Crippen LogP contribution in [0.3, 0.4) is 0 Å². The fourth-order valence-corrected chi connectivity index (χ4v) is 3.14. The van der Waals surface area contributed by atoms with E-state index in [0.717, 1.165) is 23.1 Å². The summed E-state index contributed by atoms with van der Waals surface area (Å²) < 4.78 is 10.7. The van der Waals surface area contributed by atoms with Crippen LogP contribution in [-0.2, 0) is 0 Å². The smallest absolute Gasteiger partial charge is 0.287 e. The molecular weight excluding hydrogens is 304 g/mol. The molecule has 2 N–H and O–H groups in total. The molecule has 0 bridgehead atoms. The van der Waals surface area contributed by atoms with Crippen molar-refractivity contribution in [3.63, 3.8) is 0 Å². The van der Waals surface area contributed by atoms with Crippen molar-refractivity contribution in [2.45, 2.75) is 9.24 Å². The van der Waals surface area contributed by atoms with E-state index in [1.807, 2.05) is 0 Å². The van der Waals surface area contributed by atoms with Crippen LogP contribution in [0, 0.1) is 10.1 Å². The van der Waals surface area contributed by atoms with Gasteiger partial charge in [-0.15, -0.1) is 10.2 Å². The van der Waals surface area contributed by atoms with E-state index in [4.69, 9.17) is 15.2 Å². The average molecular weight is 314 g/mol. The molecule has 0 saturated carbocycles. The van der Waals surface area contributed by atoms with Gasteiger partial charge in [0.25, 0.3) is 5.69 Å². The number of rotatable bonds is 5. The molecule has 2 rings (SSSR count). The Bertz CT molecular complexity index is 646. The first-order valence-corrected chi connectivity index (χ1v) is 6.85. The Kier molecular flexibility index (Phi) is 4.25. The van der Waals surface area contributed by atoms with Crippen molar-refractivity contribution in [3.8, 4) is 11.5 Å². The van der Waals surface area contributed by atoms with Crippen molar-refractivity contribution in [2.24, 2.45) is 0 Å². The van der Waals surface area contributed by atoms with E-state index in [1.165, 1.54) is 26.4 Å². The lowest BCUT2D eigenvalue weighted by molar-refractivity contribution is -0.387. The fourth-order valence-electron chi connectivity index (χ4n) is 1.43. The highest BCUT2D eigenvalue weighted by Gasteiger charge is 2.21. The molecule has 0 amide bonds. The maximum atomic E-state index is 11.1. The molecule has 0 aliphatic heterocycles. The van der Waals surface area contributed by atoms with Gasteiger partial charge >= 0.3 is 0 Å². The van der Waals surface area contributed by atoms with Crippen molar-refractivity contribution in [2.75, 3.05) is 20.0 Å². The van der Waals surface area contributed by atoms with Gasteiger partial charge in [-0.25, -0.2) is 0 Å². The summed E-state index contributed by atoms with van der Waals surface area (Å²) in [5, 5.41) is 18.9. The summed E-state index contributed by atoms with van der Waals surface area (Å²) in [6, 6.07) is 2.84. The predicted octanol–water partition coefficient (Wildman–Crippen LogP) is 2.20. The Hall–Kier alpha value is -2.07. The van der Waals surface area contributed by atoms with Crippen molar-refractivity contribution < 1.29 is 14.4 Å². The quantitative estimate of drug-likeness (QED) is 0.660. The van der Waals surface area contributed by atoms with Crippen molar-refractivity contribution in [3.05, 3.63) is 22.2 Å². The predicted molar refractivity (Wildman–Crippen MR) is 74.6 cm³/mol. The van der Waals surface area contributed by atoms with E-state index >= 15 is 0 Å². The third-order valence-electron chi connectivity index (χ3n) is 2.28. The maximum absolute atomic E-state index is 11.1. The summed E-state index contributed by atoms with van der Waals surface area (Å²) in [5.74, 6) is 0.693. The summed E-state index contributed by atoms with van der Waals surface area (Å²) >= 11 is 2.25. The number of anilines is 1. The Morgan fingerprint density at radius 3 is 2.45 bits per heavy atom. The summed E-state index contributed by atoms with van der Waals surface area (Å²) in [4.78, 5) is 11.0. The first-order chi connectivity index (χ1) is 9.55. The highest BCUT2D eigenvalue weighted by atomic mass is 32.2. The van der Waals surface area contributed by atoms with E-state index in [-0.39, 0.29) is 5.69 Å². The summed E-state index contributed by atoms with van der Waals surface area (Å²) in [6.45, 7) is 0. The lowest BCUT2D eigenvalue weighted by Crippen LogP contribution is -1.96. The van der Waals surface area contributed by atoms with Crippen LogP contribution in [0.2, 0.25) is 0 Å². The van der Waals surface area contributed by atoms with Gasteiger partial charge < -0.3 is 15.2 Å². The van der Waals surface area contributed by atoms with Gasteiger partial charge in [-0.05, 0) is 11.8 Å². The normalized spacial score (nSPS) is 10.3. The first-order valence-electron chi connectivity index (χ1n) is 5.22. The number of nitrogens with two attached hydrogens (primary N) is 1. The van der Waals surface area contributed by atoms with Gasteiger partial charge in [0, 0.05) is 6.07 Å². The minimum absolute atomic E-state index is 0.0959. The third kappa shape index (κ3) is 2.91. The van der Waals surface area contributed by atoms with Gasteiger partial charge in [-0.3, -0.25) is 10.1 Å². The van der Waals surface area contributed by atoms with E-state index in [0.29, 0.717) is 25.9 Å². The molecule has 1 aromatic heterocycles. The zero-order valence-electron chi connectivity index (χ0n) is 10.5. The molecular formula is C10H10N4O4S2. The average Bonchev–Trinajstić information content (AvgIpc) is 2.83. The number of nitrogens with zero attached hydrogens (tertiary/aromatic N) is 3. The summed E-state index contributed by atoms with van der Waals surface area (Å²) in [5.41, 5.74) is 5.39. The van der Waals surface area contributed by atoms with E-state index in [1.54, 1.807) is 0 Å². The number of methoxy groups -OCH3 is 2. The fraction of sp³-hybridized carbons (Fsp3) is 0.200. The van der Waals surface area contributed by atoms with E-state index in [9.17, 15) is 10.1 Å². The van der Waals surface area contributed by atoms with Gasteiger partial charge in [-0.1, -0.05) is 11.3 Å². The van der Waals surface area contributed by atoms with Crippen LogP contribution in [0.1, 0.15) is 0 Å². The van der Waals surface area contributed by atoms with Crippen LogP contribution < -0.4 is 15.2 Å². The van der Waals surface area contributed by atoms with Crippen LogP contribution in [0.15, 0.2) is 21.4 Å². The molecule has 0 spiro atoms. The lowest BCUT2D eigenvalue weighted by Gasteiger charge is -2.09. The Balaban J connectivity index is 2.46. The monoisotopic (exact) mass is 314 g/mol. The number of aromatic nitrogens is 2. The number of hydrogen-bond donors (Lipinski definition) is 1.